The molecular weight excluding hydrogens is 251 g/mol. The van der Waals surface area contributed by atoms with Crippen LogP contribution in [0.1, 0.15) is 69.2 Å². The van der Waals surface area contributed by atoms with Gasteiger partial charge in [-0.05, 0) is 55.4 Å². The SMILES string of the molecule is CC(C)(O)C1C[P+](C(C)(C)C)(C(C)(C)C)CC1(C)C. The van der Waals surface area contributed by atoms with Crippen molar-refractivity contribution < 1.29 is 5.11 Å². The summed E-state index contributed by atoms with van der Waals surface area (Å²) in [5.41, 5.74) is -0.325. The van der Waals surface area contributed by atoms with E-state index >= 15 is 0 Å². The van der Waals surface area contributed by atoms with Gasteiger partial charge in [0.1, 0.15) is 0 Å². The van der Waals surface area contributed by atoms with Crippen LogP contribution in [0, 0.1) is 11.3 Å². The van der Waals surface area contributed by atoms with E-state index in [-0.39, 0.29) is 5.41 Å². The van der Waals surface area contributed by atoms with Gasteiger partial charge in [-0.15, -0.1) is 0 Å². The van der Waals surface area contributed by atoms with E-state index in [4.69, 9.17) is 0 Å². The molecule has 1 N–H and O–H groups in total. The van der Waals surface area contributed by atoms with E-state index < -0.39 is 12.9 Å². The normalized spacial score (nSPS) is 27.6. The predicted octanol–water partition coefficient (Wildman–Crippen LogP) is 5.03. The molecule has 19 heavy (non-hydrogen) atoms. The molecule has 1 heterocycles. The van der Waals surface area contributed by atoms with Crippen LogP contribution in [-0.2, 0) is 0 Å². The quantitative estimate of drug-likeness (QED) is 0.671. The summed E-state index contributed by atoms with van der Waals surface area (Å²) in [6, 6.07) is 0. The molecule has 1 nitrogen and oxygen atoms in total. The second-order valence-electron chi connectivity index (χ2n) is 9.85. The summed E-state index contributed by atoms with van der Waals surface area (Å²) in [6.45, 7) is 23.3. The third-order valence-electron chi connectivity index (χ3n) is 5.54. The molecule has 1 aliphatic rings. The Hall–Kier alpha value is 0.390. The maximum absolute atomic E-state index is 10.6. The lowest BCUT2D eigenvalue weighted by Crippen LogP contribution is -2.40. The first-order valence-electron chi connectivity index (χ1n) is 7.64. The topological polar surface area (TPSA) is 20.2 Å². The largest absolute Gasteiger partial charge is 0.390 e. The lowest BCUT2D eigenvalue weighted by atomic mass is 9.73. The highest BCUT2D eigenvalue weighted by Gasteiger charge is 2.68. The Labute approximate surface area is 121 Å². The summed E-state index contributed by atoms with van der Waals surface area (Å²) >= 11 is 0. The fraction of sp³-hybridized carbons (Fsp3) is 1.00. The summed E-state index contributed by atoms with van der Waals surface area (Å²) in [6.07, 6.45) is 2.54. The van der Waals surface area contributed by atoms with Crippen molar-refractivity contribution in [2.75, 3.05) is 12.3 Å². The van der Waals surface area contributed by atoms with Crippen LogP contribution < -0.4 is 0 Å². The number of rotatable bonds is 1. The summed E-state index contributed by atoms with van der Waals surface area (Å²) < 4.78 is 0. The standard InChI is InChI=1S/C17H36OP/c1-14(2,3)19(15(4,5)6)11-13(17(9,10)18)16(7,8)12-19/h13,18H,11-12H2,1-10H3/q+1. The van der Waals surface area contributed by atoms with Crippen LogP contribution in [0.2, 0.25) is 0 Å². The fourth-order valence-electron chi connectivity index (χ4n) is 4.64. The number of hydrogen-bond donors (Lipinski definition) is 1. The molecule has 2 heteroatoms. The Bertz CT molecular complexity index is 322. The molecule has 0 radical (unpaired) electrons. The Balaban J connectivity index is 3.35. The molecule has 1 saturated heterocycles. The van der Waals surface area contributed by atoms with E-state index in [1.807, 2.05) is 13.8 Å². The molecule has 1 atom stereocenters. The molecule has 0 aromatic heterocycles. The highest BCUT2D eigenvalue weighted by molar-refractivity contribution is 7.79. The number of aliphatic hydroxyl groups is 1. The molecule has 0 aliphatic carbocycles. The van der Waals surface area contributed by atoms with Gasteiger partial charge in [0, 0.05) is 18.6 Å². The molecule has 1 unspecified atom stereocenters. The van der Waals surface area contributed by atoms with Gasteiger partial charge in [-0.25, -0.2) is 0 Å². The van der Waals surface area contributed by atoms with Crippen molar-refractivity contribution in [1.29, 1.82) is 0 Å². The molecule has 1 aliphatic heterocycles. The van der Waals surface area contributed by atoms with Crippen molar-refractivity contribution in [2.45, 2.75) is 85.2 Å². The third-order valence-corrected chi connectivity index (χ3v) is 13.0. The highest BCUT2D eigenvalue weighted by Crippen LogP contribution is 2.83. The van der Waals surface area contributed by atoms with E-state index in [0.29, 0.717) is 16.2 Å². The summed E-state index contributed by atoms with van der Waals surface area (Å²) in [5, 5.41) is 11.4. The smallest absolute Gasteiger partial charge is 0.0721 e. The van der Waals surface area contributed by atoms with Crippen LogP contribution in [0.5, 0.6) is 0 Å². The van der Waals surface area contributed by atoms with Gasteiger partial charge in [-0.3, -0.25) is 0 Å². The zero-order chi connectivity index (χ0) is 15.5. The first-order chi connectivity index (χ1) is 8.05. The Morgan fingerprint density at radius 3 is 1.42 bits per heavy atom. The van der Waals surface area contributed by atoms with Crippen LogP contribution in [0.25, 0.3) is 0 Å². The minimum Gasteiger partial charge on any atom is -0.390 e. The van der Waals surface area contributed by atoms with Crippen molar-refractivity contribution >= 4 is 7.26 Å². The van der Waals surface area contributed by atoms with Crippen molar-refractivity contribution in [3.63, 3.8) is 0 Å². The molecule has 1 rings (SSSR count). The maximum atomic E-state index is 10.6. The van der Waals surface area contributed by atoms with Crippen LogP contribution >= 0.6 is 7.26 Å². The summed E-state index contributed by atoms with van der Waals surface area (Å²) in [4.78, 5) is 0. The predicted molar refractivity (Wildman–Crippen MR) is 89.7 cm³/mol. The van der Waals surface area contributed by atoms with E-state index in [2.05, 4.69) is 55.4 Å². The van der Waals surface area contributed by atoms with Gasteiger partial charge < -0.3 is 5.11 Å². The van der Waals surface area contributed by atoms with Crippen LogP contribution in [-0.4, -0.2) is 33.3 Å². The fourth-order valence-corrected chi connectivity index (χ4v) is 12.0. The van der Waals surface area contributed by atoms with Gasteiger partial charge >= 0.3 is 0 Å². The Kier molecular flexibility index (Phi) is 4.08. The van der Waals surface area contributed by atoms with E-state index in [1.165, 1.54) is 12.3 Å². The third kappa shape index (κ3) is 2.88. The first-order valence-corrected chi connectivity index (χ1v) is 9.80. The molecule has 0 aromatic carbocycles. The van der Waals surface area contributed by atoms with E-state index in [1.54, 1.807) is 0 Å². The lowest BCUT2D eigenvalue weighted by Gasteiger charge is -2.45. The van der Waals surface area contributed by atoms with Crippen molar-refractivity contribution in [3.8, 4) is 0 Å². The molecule has 0 spiro atoms. The molecule has 0 amide bonds. The molecule has 114 valence electrons. The van der Waals surface area contributed by atoms with Crippen LogP contribution in [0.4, 0.5) is 0 Å². The minimum absolute atomic E-state index is 0.243. The van der Waals surface area contributed by atoms with Crippen molar-refractivity contribution in [2.24, 2.45) is 11.3 Å². The maximum Gasteiger partial charge on any atom is 0.0721 e. The average molecular weight is 287 g/mol. The zero-order valence-electron chi connectivity index (χ0n) is 14.9. The van der Waals surface area contributed by atoms with Gasteiger partial charge in [0.25, 0.3) is 0 Å². The van der Waals surface area contributed by atoms with Crippen molar-refractivity contribution in [1.82, 2.24) is 0 Å². The first kappa shape index (κ1) is 17.4. The van der Waals surface area contributed by atoms with Gasteiger partial charge in [0.15, 0.2) is 0 Å². The summed E-state index contributed by atoms with van der Waals surface area (Å²) in [7, 11) is -1.15. The zero-order valence-corrected chi connectivity index (χ0v) is 15.8. The minimum atomic E-state index is -1.15. The van der Waals surface area contributed by atoms with Gasteiger partial charge in [-0.2, -0.15) is 0 Å². The molecule has 0 saturated carbocycles. The van der Waals surface area contributed by atoms with Crippen LogP contribution in [0.15, 0.2) is 0 Å². The van der Waals surface area contributed by atoms with E-state index in [9.17, 15) is 5.11 Å². The monoisotopic (exact) mass is 287 g/mol. The average Bonchev–Trinajstić information content (AvgIpc) is 2.34. The number of hydrogen-bond acceptors (Lipinski definition) is 1. The Morgan fingerprint density at radius 1 is 0.895 bits per heavy atom. The summed E-state index contributed by atoms with van der Waals surface area (Å²) in [5.74, 6) is 0.409. The van der Waals surface area contributed by atoms with Crippen molar-refractivity contribution in [3.05, 3.63) is 0 Å². The second-order valence-corrected chi connectivity index (χ2v) is 15.1. The van der Waals surface area contributed by atoms with E-state index in [0.717, 1.165) is 0 Å². The second kappa shape index (κ2) is 4.44. The molecule has 0 aromatic rings. The highest BCUT2D eigenvalue weighted by atomic mass is 31.2. The Morgan fingerprint density at radius 2 is 1.26 bits per heavy atom. The van der Waals surface area contributed by atoms with Crippen LogP contribution in [0.3, 0.4) is 0 Å². The van der Waals surface area contributed by atoms with Gasteiger partial charge in [0.05, 0.1) is 28.2 Å². The van der Waals surface area contributed by atoms with Gasteiger partial charge in [0.2, 0.25) is 0 Å². The molecule has 0 bridgehead atoms. The molecule has 1 fully saturated rings. The lowest BCUT2D eigenvalue weighted by molar-refractivity contribution is -0.0142. The van der Waals surface area contributed by atoms with Gasteiger partial charge in [-0.1, -0.05) is 13.8 Å². The molecular formula is C17H36OP+.